The van der Waals surface area contributed by atoms with Gasteiger partial charge >= 0.3 is 0 Å². The highest BCUT2D eigenvalue weighted by Gasteiger charge is 2.35. The van der Waals surface area contributed by atoms with Gasteiger partial charge in [-0.1, -0.05) is 25.3 Å². The Kier molecular flexibility index (Phi) is 4.09. The number of hydrogen-bond acceptors (Lipinski definition) is 2. The third-order valence-corrected chi connectivity index (χ3v) is 4.08. The summed E-state index contributed by atoms with van der Waals surface area (Å²) >= 11 is 0. The quantitative estimate of drug-likeness (QED) is 0.898. The van der Waals surface area contributed by atoms with E-state index in [1.165, 1.54) is 13.2 Å². The van der Waals surface area contributed by atoms with Gasteiger partial charge in [-0.25, -0.2) is 8.78 Å². The third kappa shape index (κ3) is 2.59. The smallest absolute Gasteiger partial charge is 0.267 e. The van der Waals surface area contributed by atoms with Crippen molar-refractivity contribution in [1.29, 1.82) is 0 Å². The highest BCUT2D eigenvalue weighted by Crippen LogP contribution is 2.44. The first-order valence-corrected chi connectivity index (χ1v) is 6.74. The van der Waals surface area contributed by atoms with E-state index < -0.39 is 12.0 Å². The number of rotatable bonds is 3. The van der Waals surface area contributed by atoms with Crippen molar-refractivity contribution >= 4 is 0 Å². The predicted octanol–water partition coefficient (Wildman–Crippen LogP) is 4.06. The Hall–Kier alpha value is -1.16. The number of nitrogens with two attached hydrogens (primary N) is 1. The van der Waals surface area contributed by atoms with E-state index in [0.29, 0.717) is 0 Å². The van der Waals surface area contributed by atoms with Crippen molar-refractivity contribution in [3.05, 3.63) is 28.8 Å². The molecule has 2 rings (SSSR count). The predicted molar refractivity (Wildman–Crippen MR) is 71.6 cm³/mol. The zero-order chi connectivity index (χ0) is 14.0. The maximum absolute atomic E-state index is 13.1. The van der Waals surface area contributed by atoms with Crippen LogP contribution >= 0.6 is 0 Å². The van der Waals surface area contributed by atoms with E-state index in [1.54, 1.807) is 6.07 Å². The lowest BCUT2D eigenvalue weighted by molar-refractivity contribution is 0.146. The number of benzene rings is 1. The Morgan fingerprint density at radius 3 is 2.37 bits per heavy atom. The molecular formula is C15H21F2NO. The van der Waals surface area contributed by atoms with Crippen molar-refractivity contribution in [2.45, 2.75) is 51.0 Å². The summed E-state index contributed by atoms with van der Waals surface area (Å²) in [6.07, 6.45) is 2.36. The SMILES string of the molecule is COc1c(C(F)F)ccc(C)c1C1(N)CCCCC1. The Bertz CT molecular complexity index is 454. The van der Waals surface area contributed by atoms with Gasteiger partial charge in [0.25, 0.3) is 6.43 Å². The molecule has 19 heavy (non-hydrogen) atoms. The van der Waals surface area contributed by atoms with Gasteiger partial charge in [-0.3, -0.25) is 0 Å². The molecule has 0 unspecified atom stereocenters. The Morgan fingerprint density at radius 2 is 1.84 bits per heavy atom. The average molecular weight is 269 g/mol. The van der Waals surface area contributed by atoms with Gasteiger partial charge in [0.1, 0.15) is 5.75 Å². The van der Waals surface area contributed by atoms with E-state index >= 15 is 0 Å². The standard InChI is InChI=1S/C15H21F2NO/c1-10-6-7-11(14(16)17)13(19-2)12(10)15(18)8-4-3-5-9-15/h6-7,14H,3-5,8-9,18H2,1-2H3. The van der Waals surface area contributed by atoms with Crippen LogP contribution in [0, 0.1) is 6.92 Å². The maximum Gasteiger partial charge on any atom is 0.267 e. The lowest BCUT2D eigenvalue weighted by Crippen LogP contribution is -2.39. The number of methoxy groups -OCH3 is 1. The van der Waals surface area contributed by atoms with Crippen molar-refractivity contribution in [1.82, 2.24) is 0 Å². The van der Waals surface area contributed by atoms with E-state index in [-0.39, 0.29) is 11.3 Å². The fourth-order valence-corrected chi connectivity index (χ4v) is 3.14. The monoisotopic (exact) mass is 269 g/mol. The fourth-order valence-electron chi connectivity index (χ4n) is 3.14. The van der Waals surface area contributed by atoms with Crippen LogP contribution in [0.5, 0.6) is 5.75 Å². The summed E-state index contributed by atoms with van der Waals surface area (Å²) in [7, 11) is 1.44. The summed E-state index contributed by atoms with van der Waals surface area (Å²) in [6, 6.07) is 3.16. The molecule has 0 aliphatic heterocycles. The molecule has 0 spiro atoms. The summed E-state index contributed by atoms with van der Waals surface area (Å²) < 4.78 is 31.5. The number of halogens is 2. The minimum absolute atomic E-state index is 0.0569. The van der Waals surface area contributed by atoms with Crippen LogP contribution < -0.4 is 10.5 Å². The molecule has 0 radical (unpaired) electrons. The summed E-state index contributed by atoms with van der Waals surface area (Å²) in [5, 5.41) is 0. The van der Waals surface area contributed by atoms with Gasteiger partial charge in [0.15, 0.2) is 0 Å². The number of aryl methyl sites for hydroxylation is 1. The second-order valence-electron chi connectivity index (χ2n) is 5.40. The topological polar surface area (TPSA) is 35.2 Å². The Morgan fingerprint density at radius 1 is 1.21 bits per heavy atom. The van der Waals surface area contributed by atoms with Crippen molar-refractivity contribution in [3.63, 3.8) is 0 Å². The molecule has 0 saturated heterocycles. The van der Waals surface area contributed by atoms with Gasteiger partial charge in [-0.2, -0.15) is 0 Å². The largest absolute Gasteiger partial charge is 0.496 e. The van der Waals surface area contributed by atoms with E-state index in [4.69, 9.17) is 10.5 Å². The van der Waals surface area contributed by atoms with Gasteiger partial charge in [0.05, 0.1) is 12.7 Å². The van der Waals surface area contributed by atoms with Crippen LogP contribution in [0.4, 0.5) is 8.78 Å². The van der Waals surface area contributed by atoms with Crippen molar-refractivity contribution in [3.8, 4) is 5.75 Å². The Labute approximate surface area is 112 Å². The highest BCUT2D eigenvalue weighted by atomic mass is 19.3. The van der Waals surface area contributed by atoms with E-state index in [2.05, 4.69) is 0 Å². The number of hydrogen-bond donors (Lipinski definition) is 1. The molecule has 1 fully saturated rings. The first-order chi connectivity index (χ1) is 8.99. The molecule has 1 aromatic carbocycles. The number of ether oxygens (including phenoxy) is 1. The molecule has 1 aromatic rings. The first-order valence-electron chi connectivity index (χ1n) is 6.74. The summed E-state index contributed by atoms with van der Waals surface area (Å²) in [5.74, 6) is 0.277. The van der Waals surface area contributed by atoms with Crippen LogP contribution in [-0.2, 0) is 5.54 Å². The van der Waals surface area contributed by atoms with E-state index in [1.807, 2.05) is 6.92 Å². The van der Waals surface area contributed by atoms with Crippen LogP contribution in [0.3, 0.4) is 0 Å². The number of alkyl halides is 2. The van der Waals surface area contributed by atoms with E-state index in [9.17, 15) is 8.78 Å². The molecule has 0 amide bonds. The zero-order valence-corrected chi connectivity index (χ0v) is 11.5. The molecule has 2 nitrogen and oxygen atoms in total. The zero-order valence-electron chi connectivity index (χ0n) is 11.5. The van der Waals surface area contributed by atoms with Gasteiger partial charge < -0.3 is 10.5 Å². The lowest BCUT2D eigenvalue weighted by Gasteiger charge is -2.36. The maximum atomic E-state index is 13.1. The molecule has 1 saturated carbocycles. The molecule has 106 valence electrons. The molecule has 0 aromatic heterocycles. The molecule has 0 heterocycles. The normalized spacial score (nSPS) is 18.6. The van der Waals surface area contributed by atoms with Crippen molar-refractivity contribution in [2.75, 3.05) is 7.11 Å². The van der Waals surface area contributed by atoms with Crippen LogP contribution in [0.15, 0.2) is 12.1 Å². The molecule has 0 atom stereocenters. The van der Waals surface area contributed by atoms with E-state index in [0.717, 1.165) is 43.2 Å². The second kappa shape index (κ2) is 5.45. The minimum Gasteiger partial charge on any atom is -0.496 e. The van der Waals surface area contributed by atoms with Gasteiger partial charge in [-0.15, -0.1) is 0 Å². The minimum atomic E-state index is -2.54. The first kappa shape index (κ1) is 14.3. The summed E-state index contributed by atoms with van der Waals surface area (Å²) in [6.45, 7) is 1.91. The van der Waals surface area contributed by atoms with Gasteiger partial charge in [0, 0.05) is 11.1 Å². The van der Waals surface area contributed by atoms with Crippen LogP contribution in [0.25, 0.3) is 0 Å². The molecule has 1 aliphatic rings. The second-order valence-corrected chi connectivity index (χ2v) is 5.40. The molecule has 4 heteroatoms. The van der Waals surface area contributed by atoms with Crippen LogP contribution in [0.1, 0.15) is 55.2 Å². The van der Waals surface area contributed by atoms with Crippen LogP contribution in [-0.4, -0.2) is 7.11 Å². The van der Waals surface area contributed by atoms with Gasteiger partial charge in [0.2, 0.25) is 0 Å². The Balaban J connectivity index is 2.57. The third-order valence-electron chi connectivity index (χ3n) is 4.08. The molecular weight excluding hydrogens is 248 g/mol. The highest BCUT2D eigenvalue weighted by molar-refractivity contribution is 5.50. The van der Waals surface area contributed by atoms with Crippen molar-refractivity contribution in [2.24, 2.45) is 5.73 Å². The molecule has 0 bridgehead atoms. The lowest BCUT2D eigenvalue weighted by atomic mass is 9.75. The summed E-state index contributed by atoms with van der Waals surface area (Å²) in [4.78, 5) is 0. The van der Waals surface area contributed by atoms with Crippen molar-refractivity contribution < 1.29 is 13.5 Å². The molecule has 1 aliphatic carbocycles. The molecule has 2 N–H and O–H groups in total. The van der Waals surface area contributed by atoms with Crippen LogP contribution in [0.2, 0.25) is 0 Å². The van der Waals surface area contributed by atoms with Gasteiger partial charge in [-0.05, 0) is 31.4 Å². The average Bonchev–Trinajstić information content (AvgIpc) is 2.38. The summed E-state index contributed by atoms with van der Waals surface area (Å²) in [5.41, 5.74) is 7.62. The fraction of sp³-hybridized carbons (Fsp3) is 0.600.